The van der Waals surface area contributed by atoms with Gasteiger partial charge in [-0.05, 0) is 42.0 Å². The molecule has 0 fully saturated rings. The molecule has 1 atom stereocenters. The van der Waals surface area contributed by atoms with E-state index in [0.29, 0.717) is 10.2 Å². The van der Waals surface area contributed by atoms with Crippen molar-refractivity contribution in [2.45, 2.75) is 37.9 Å². The molecule has 2 rings (SSSR count). The molecule has 0 aliphatic heterocycles. The Labute approximate surface area is 138 Å². The van der Waals surface area contributed by atoms with Crippen molar-refractivity contribution >= 4 is 29.3 Å². The number of hydrogen-bond donors (Lipinski definition) is 1. The summed E-state index contributed by atoms with van der Waals surface area (Å²) < 4.78 is 1.57. The summed E-state index contributed by atoms with van der Waals surface area (Å²) in [4.78, 5) is 11.9. The smallest absolute Gasteiger partial charge is 0.230 e. The molecule has 1 heterocycles. The molecule has 0 saturated carbocycles. The Morgan fingerprint density at radius 2 is 2.32 bits per heavy atom. The first-order valence-electron chi connectivity index (χ1n) is 7.06. The van der Waals surface area contributed by atoms with Gasteiger partial charge in [-0.15, -0.1) is 5.10 Å². The average Bonchev–Trinajstić information content (AvgIpc) is 2.93. The van der Waals surface area contributed by atoms with Gasteiger partial charge in [0.05, 0.1) is 11.4 Å². The zero-order chi connectivity index (χ0) is 15.9. The SMILES string of the molecule is CCC[C@@H](C)NC(=O)CSc1nnnn1-c1cccc(Cl)c1. The highest BCUT2D eigenvalue weighted by Gasteiger charge is 2.13. The van der Waals surface area contributed by atoms with E-state index in [9.17, 15) is 4.79 Å². The molecule has 1 amide bonds. The van der Waals surface area contributed by atoms with Crippen molar-refractivity contribution in [3.63, 3.8) is 0 Å². The van der Waals surface area contributed by atoms with Crippen molar-refractivity contribution < 1.29 is 4.79 Å². The number of benzene rings is 1. The van der Waals surface area contributed by atoms with E-state index in [1.54, 1.807) is 16.8 Å². The molecule has 0 saturated heterocycles. The molecule has 1 aromatic carbocycles. The van der Waals surface area contributed by atoms with Crippen LogP contribution in [0.4, 0.5) is 0 Å². The number of aromatic nitrogens is 4. The van der Waals surface area contributed by atoms with Crippen molar-refractivity contribution in [1.82, 2.24) is 25.5 Å². The van der Waals surface area contributed by atoms with Crippen LogP contribution in [0.1, 0.15) is 26.7 Å². The highest BCUT2D eigenvalue weighted by molar-refractivity contribution is 7.99. The molecular weight excluding hydrogens is 322 g/mol. The maximum Gasteiger partial charge on any atom is 0.230 e. The first-order chi connectivity index (χ1) is 10.6. The van der Waals surface area contributed by atoms with Gasteiger partial charge in [-0.3, -0.25) is 4.79 Å². The van der Waals surface area contributed by atoms with E-state index >= 15 is 0 Å². The number of nitrogens with zero attached hydrogens (tertiary/aromatic N) is 4. The third kappa shape index (κ3) is 4.71. The third-order valence-corrected chi connectivity index (χ3v) is 4.11. The molecule has 1 aromatic heterocycles. The normalized spacial score (nSPS) is 12.1. The molecule has 0 bridgehead atoms. The van der Waals surface area contributed by atoms with Gasteiger partial charge in [-0.1, -0.05) is 42.8 Å². The minimum absolute atomic E-state index is 0.0217. The van der Waals surface area contributed by atoms with Gasteiger partial charge in [0.25, 0.3) is 0 Å². The molecule has 6 nitrogen and oxygen atoms in total. The van der Waals surface area contributed by atoms with Gasteiger partial charge in [-0.25, -0.2) is 0 Å². The van der Waals surface area contributed by atoms with Crippen LogP contribution in [-0.4, -0.2) is 37.9 Å². The fourth-order valence-electron chi connectivity index (χ4n) is 1.99. The zero-order valence-corrected chi connectivity index (χ0v) is 14.1. The number of thioether (sulfide) groups is 1. The largest absolute Gasteiger partial charge is 0.353 e. The van der Waals surface area contributed by atoms with Crippen molar-refractivity contribution in [3.8, 4) is 5.69 Å². The lowest BCUT2D eigenvalue weighted by Crippen LogP contribution is -2.33. The summed E-state index contributed by atoms with van der Waals surface area (Å²) in [6, 6.07) is 7.42. The molecule has 8 heteroatoms. The zero-order valence-electron chi connectivity index (χ0n) is 12.5. The third-order valence-electron chi connectivity index (χ3n) is 2.96. The second-order valence-electron chi connectivity index (χ2n) is 4.90. The highest BCUT2D eigenvalue weighted by Crippen LogP contribution is 2.20. The lowest BCUT2D eigenvalue weighted by atomic mass is 10.2. The van der Waals surface area contributed by atoms with Gasteiger partial charge in [0.15, 0.2) is 0 Å². The molecule has 0 radical (unpaired) electrons. The monoisotopic (exact) mass is 339 g/mol. The quantitative estimate of drug-likeness (QED) is 0.785. The number of amides is 1. The summed E-state index contributed by atoms with van der Waals surface area (Å²) in [5, 5.41) is 15.7. The maximum atomic E-state index is 11.9. The first-order valence-corrected chi connectivity index (χ1v) is 8.43. The Morgan fingerprint density at radius 3 is 3.05 bits per heavy atom. The average molecular weight is 340 g/mol. The number of carbonyl (C=O) groups is 1. The molecule has 1 N–H and O–H groups in total. The van der Waals surface area contributed by atoms with Gasteiger partial charge in [0.2, 0.25) is 11.1 Å². The van der Waals surface area contributed by atoms with Crippen LogP contribution in [0, 0.1) is 0 Å². The summed E-state index contributed by atoms with van der Waals surface area (Å²) in [7, 11) is 0. The number of rotatable bonds is 7. The van der Waals surface area contributed by atoms with Gasteiger partial charge in [0.1, 0.15) is 0 Å². The fraction of sp³-hybridized carbons (Fsp3) is 0.429. The Kier molecular flexibility index (Phi) is 6.21. The van der Waals surface area contributed by atoms with Crippen LogP contribution >= 0.6 is 23.4 Å². The van der Waals surface area contributed by atoms with Crippen LogP contribution in [0.2, 0.25) is 5.02 Å². The predicted octanol–water partition coefficient (Wildman–Crippen LogP) is 2.71. The summed E-state index contributed by atoms with van der Waals surface area (Å²) in [5.74, 6) is 0.251. The van der Waals surface area contributed by atoms with Gasteiger partial charge < -0.3 is 5.32 Å². The summed E-state index contributed by atoms with van der Waals surface area (Å²) in [5.41, 5.74) is 0.764. The van der Waals surface area contributed by atoms with Crippen LogP contribution in [0.15, 0.2) is 29.4 Å². The van der Waals surface area contributed by atoms with Crippen LogP contribution in [-0.2, 0) is 4.79 Å². The van der Waals surface area contributed by atoms with E-state index in [1.807, 2.05) is 19.1 Å². The molecule has 22 heavy (non-hydrogen) atoms. The van der Waals surface area contributed by atoms with E-state index in [1.165, 1.54) is 11.8 Å². The van der Waals surface area contributed by atoms with E-state index < -0.39 is 0 Å². The van der Waals surface area contributed by atoms with Crippen molar-refractivity contribution in [2.24, 2.45) is 0 Å². The molecule has 0 unspecified atom stereocenters. The van der Waals surface area contributed by atoms with E-state index in [-0.39, 0.29) is 17.7 Å². The van der Waals surface area contributed by atoms with Crippen molar-refractivity contribution in [3.05, 3.63) is 29.3 Å². The Morgan fingerprint density at radius 1 is 1.50 bits per heavy atom. The lowest BCUT2D eigenvalue weighted by Gasteiger charge is -2.12. The lowest BCUT2D eigenvalue weighted by molar-refractivity contribution is -0.119. The number of halogens is 1. The topological polar surface area (TPSA) is 72.7 Å². The highest BCUT2D eigenvalue weighted by atomic mass is 35.5. The summed E-state index contributed by atoms with van der Waals surface area (Å²) in [6.07, 6.45) is 2.01. The first kappa shape index (κ1) is 16.8. The summed E-state index contributed by atoms with van der Waals surface area (Å²) >= 11 is 7.27. The van der Waals surface area contributed by atoms with Crippen molar-refractivity contribution in [1.29, 1.82) is 0 Å². The number of tetrazole rings is 1. The Hall–Kier alpha value is -1.60. The van der Waals surface area contributed by atoms with Gasteiger partial charge in [0, 0.05) is 11.1 Å². The minimum Gasteiger partial charge on any atom is -0.353 e. The maximum absolute atomic E-state index is 11.9. The number of nitrogens with one attached hydrogen (secondary N) is 1. The second-order valence-corrected chi connectivity index (χ2v) is 6.28. The van der Waals surface area contributed by atoms with Crippen molar-refractivity contribution in [2.75, 3.05) is 5.75 Å². The van der Waals surface area contributed by atoms with Crippen LogP contribution in [0.3, 0.4) is 0 Å². The number of hydrogen-bond acceptors (Lipinski definition) is 5. The summed E-state index contributed by atoms with van der Waals surface area (Å²) in [6.45, 7) is 4.10. The van der Waals surface area contributed by atoms with Crippen LogP contribution in [0.5, 0.6) is 0 Å². The van der Waals surface area contributed by atoms with Gasteiger partial charge in [-0.2, -0.15) is 4.68 Å². The predicted molar refractivity (Wildman–Crippen MR) is 87.4 cm³/mol. The fourth-order valence-corrected chi connectivity index (χ4v) is 2.88. The van der Waals surface area contributed by atoms with Gasteiger partial charge >= 0.3 is 0 Å². The molecule has 118 valence electrons. The minimum atomic E-state index is -0.0217. The molecule has 0 aliphatic rings. The van der Waals surface area contributed by atoms with E-state index in [2.05, 4.69) is 27.8 Å². The Balaban J connectivity index is 1.97. The van der Waals surface area contributed by atoms with Crippen LogP contribution in [0.25, 0.3) is 5.69 Å². The van der Waals surface area contributed by atoms with Crippen LogP contribution < -0.4 is 5.32 Å². The molecular formula is C14H18ClN5OS. The van der Waals surface area contributed by atoms with E-state index in [0.717, 1.165) is 18.5 Å². The second kappa shape index (κ2) is 8.14. The Bertz CT molecular complexity index is 633. The van der Waals surface area contributed by atoms with E-state index in [4.69, 9.17) is 11.6 Å². The number of carbonyl (C=O) groups excluding carboxylic acids is 1. The molecule has 2 aromatic rings. The molecule has 0 spiro atoms. The molecule has 0 aliphatic carbocycles. The standard InChI is InChI=1S/C14H18ClN5OS/c1-3-5-10(2)16-13(21)9-22-14-17-18-19-20(14)12-7-4-6-11(15)8-12/h4,6-8,10H,3,5,9H2,1-2H3,(H,16,21)/t10-/m1/s1.